The SMILES string of the molecule is CCC(C)N(C)CCNC(=O)c1sc2ccccc2c1N. The standard InChI is InChI=1S/C16H23N3OS/c1-4-11(2)19(3)10-9-18-16(20)15-14(17)12-7-5-6-8-13(12)21-15/h5-8,11H,4,9-10,17H2,1-3H3,(H,18,20). The summed E-state index contributed by atoms with van der Waals surface area (Å²) in [6, 6.07) is 8.37. The lowest BCUT2D eigenvalue weighted by Crippen LogP contribution is -2.37. The summed E-state index contributed by atoms with van der Waals surface area (Å²) in [4.78, 5) is 15.1. The van der Waals surface area contributed by atoms with Gasteiger partial charge in [0.15, 0.2) is 0 Å². The van der Waals surface area contributed by atoms with Gasteiger partial charge in [0.25, 0.3) is 5.91 Å². The predicted molar refractivity (Wildman–Crippen MR) is 91.0 cm³/mol. The fourth-order valence-electron chi connectivity index (χ4n) is 2.19. The van der Waals surface area contributed by atoms with Crippen LogP contribution in [0.2, 0.25) is 0 Å². The number of hydrogen-bond donors (Lipinski definition) is 2. The van der Waals surface area contributed by atoms with Crippen LogP contribution in [0.4, 0.5) is 5.69 Å². The van der Waals surface area contributed by atoms with E-state index in [2.05, 4.69) is 31.1 Å². The first kappa shape index (κ1) is 15.8. The molecule has 3 N–H and O–H groups in total. The summed E-state index contributed by atoms with van der Waals surface area (Å²) >= 11 is 1.45. The number of nitrogen functional groups attached to an aromatic ring is 1. The van der Waals surface area contributed by atoms with Crippen LogP contribution in [0.5, 0.6) is 0 Å². The number of nitrogens with two attached hydrogens (primary N) is 1. The van der Waals surface area contributed by atoms with Gasteiger partial charge < -0.3 is 16.0 Å². The Morgan fingerprint density at radius 3 is 2.81 bits per heavy atom. The molecule has 0 aliphatic heterocycles. The molecule has 1 aromatic heterocycles. The first-order valence-electron chi connectivity index (χ1n) is 7.30. The molecule has 0 saturated heterocycles. The van der Waals surface area contributed by atoms with Gasteiger partial charge in [-0.2, -0.15) is 0 Å². The van der Waals surface area contributed by atoms with E-state index in [4.69, 9.17) is 5.73 Å². The van der Waals surface area contributed by atoms with Crippen LogP contribution >= 0.6 is 11.3 Å². The number of rotatable bonds is 6. The third-order valence-corrected chi connectivity index (χ3v) is 5.12. The Bertz CT molecular complexity index is 623. The molecule has 1 heterocycles. The van der Waals surface area contributed by atoms with Crippen LogP contribution < -0.4 is 11.1 Å². The average molecular weight is 305 g/mol. The minimum atomic E-state index is -0.0775. The smallest absolute Gasteiger partial charge is 0.263 e. The molecule has 0 fully saturated rings. The second kappa shape index (κ2) is 6.91. The van der Waals surface area contributed by atoms with Crippen LogP contribution in [-0.4, -0.2) is 37.0 Å². The van der Waals surface area contributed by atoms with E-state index in [1.54, 1.807) is 0 Å². The zero-order chi connectivity index (χ0) is 15.4. The van der Waals surface area contributed by atoms with Gasteiger partial charge in [0.2, 0.25) is 0 Å². The first-order chi connectivity index (χ1) is 10.0. The molecule has 114 valence electrons. The number of amides is 1. The van der Waals surface area contributed by atoms with Crippen LogP contribution in [0.3, 0.4) is 0 Å². The number of carbonyl (C=O) groups excluding carboxylic acids is 1. The van der Waals surface area contributed by atoms with Crippen molar-refractivity contribution >= 4 is 33.0 Å². The minimum Gasteiger partial charge on any atom is -0.397 e. The van der Waals surface area contributed by atoms with Gasteiger partial charge in [0.05, 0.1) is 5.69 Å². The van der Waals surface area contributed by atoms with Crippen molar-refractivity contribution in [1.29, 1.82) is 0 Å². The van der Waals surface area contributed by atoms with E-state index >= 15 is 0 Å². The molecule has 2 rings (SSSR count). The summed E-state index contributed by atoms with van der Waals surface area (Å²) in [7, 11) is 2.08. The Balaban J connectivity index is 1.98. The van der Waals surface area contributed by atoms with Crippen molar-refractivity contribution in [3.05, 3.63) is 29.1 Å². The van der Waals surface area contributed by atoms with E-state index in [9.17, 15) is 4.79 Å². The van der Waals surface area contributed by atoms with E-state index in [0.29, 0.717) is 23.2 Å². The largest absolute Gasteiger partial charge is 0.397 e. The number of nitrogens with zero attached hydrogens (tertiary/aromatic N) is 1. The lowest BCUT2D eigenvalue weighted by molar-refractivity contribution is 0.0952. The van der Waals surface area contributed by atoms with Crippen molar-refractivity contribution in [3.8, 4) is 0 Å². The van der Waals surface area contributed by atoms with Gasteiger partial charge >= 0.3 is 0 Å². The summed E-state index contributed by atoms with van der Waals surface area (Å²) in [5.41, 5.74) is 6.67. The Labute approximate surface area is 129 Å². The number of anilines is 1. The minimum absolute atomic E-state index is 0.0775. The van der Waals surface area contributed by atoms with Crippen molar-refractivity contribution in [1.82, 2.24) is 10.2 Å². The van der Waals surface area contributed by atoms with Crippen molar-refractivity contribution in [2.45, 2.75) is 26.3 Å². The van der Waals surface area contributed by atoms with Crippen molar-refractivity contribution in [2.75, 3.05) is 25.9 Å². The van der Waals surface area contributed by atoms with Gasteiger partial charge in [-0.05, 0) is 26.5 Å². The second-order valence-electron chi connectivity index (χ2n) is 5.33. The van der Waals surface area contributed by atoms with E-state index in [1.807, 2.05) is 24.3 Å². The molecule has 0 bridgehead atoms. The molecule has 4 nitrogen and oxygen atoms in total. The summed E-state index contributed by atoms with van der Waals surface area (Å²) in [5, 5.41) is 3.92. The van der Waals surface area contributed by atoms with Gasteiger partial charge in [0.1, 0.15) is 4.88 Å². The number of likely N-dealkylation sites (N-methyl/N-ethyl adjacent to an activating group) is 1. The highest BCUT2D eigenvalue weighted by molar-refractivity contribution is 7.21. The Kier molecular flexibility index (Phi) is 5.20. The summed E-state index contributed by atoms with van der Waals surface area (Å²) in [6.07, 6.45) is 1.10. The molecule has 0 aliphatic carbocycles. The Hall–Kier alpha value is -1.59. The highest BCUT2D eigenvalue weighted by atomic mass is 32.1. The number of carbonyl (C=O) groups is 1. The molecule has 1 unspecified atom stereocenters. The lowest BCUT2D eigenvalue weighted by atomic mass is 10.2. The van der Waals surface area contributed by atoms with Gasteiger partial charge in [-0.3, -0.25) is 4.79 Å². The van der Waals surface area contributed by atoms with Gasteiger partial charge in [0, 0.05) is 29.2 Å². The molecular weight excluding hydrogens is 282 g/mol. The fourth-order valence-corrected chi connectivity index (χ4v) is 3.23. The maximum atomic E-state index is 12.3. The third-order valence-electron chi connectivity index (χ3n) is 3.93. The van der Waals surface area contributed by atoms with Gasteiger partial charge in [-0.15, -0.1) is 11.3 Å². The van der Waals surface area contributed by atoms with Crippen LogP contribution in [0.15, 0.2) is 24.3 Å². The van der Waals surface area contributed by atoms with Crippen molar-refractivity contribution in [2.24, 2.45) is 0 Å². The highest BCUT2D eigenvalue weighted by Gasteiger charge is 2.16. The maximum absolute atomic E-state index is 12.3. The van der Waals surface area contributed by atoms with Crippen molar-refractivity contribution in [3.63, 3.8) is 0 Å². The molecule has 0 spiro atoms. The number of fused-ring (bicyclic) bond motifs is 1. The third kappa shape index (κ3) is 3.54. The molecule has 1 atom stereocenters. The highest BCUT2D eigenvalue weighted by Crippen LogP contribution is 2.33. The Morgan fingerprint density at radius 2 is 2.14 bits per heavy atom. The Morgan fingerprint density at radius 1 is 1.43 bits per heavy atom. The van der Waals surface area contributed by atoms with E-state index in [1.165, 1.54) is 11.3 Å². The summed E-state index contributed by atoms with van der Waals surface area (Å²) in [6.45, 7) is 5.82. The topological polar surface area (TPSA) is 58.4 Å². The predicted octanol–water partition coefficient (Wildman–Crippen LogP) is 2.94. The maximum Gasteiger partial charge on any atom is 0.263 e. The fraction of sp³-hybridized carbons (Fsp3) is 0.438. The van der Waals surface area contributed by atoms with Crippen LogP contribution in [-0.2, 0) is 0 Å². The van der Waals surface area contributed by atoms with Crippen molar-refractivity contribution < 1.29 is 4.79 Å². The zero-order valence-electron chi connectivity index (χ0n) is 12.8. The van der Waals surface area contributed by atoms with Crippen LogP contribution in [0, 0.1) is 0 Å². The molecular formula is C16H23N3OS. The summed E-state index contributed by atoms with van der Waals surface area (Å²) in [5.74, 6) is -0.0775. The first-order valence-corrected chi connectivity index (χ1v) is 8.11. The molecule has 21 heavy (non-hydrogen) atoms. The normalized spacial score (nSPS) is 12.8. The molecule has 0 aliphatic rings. The van der Waals surface area contributed by atoms with Crippen LogP contribution in [0.25, 0.3) is 10.1 Å². The number of benzene rings is 1. The van der Waals surface area contributed by atoms with E-state index in [0.717, 1.165) is 23.1 Å². The molecule has 5 heteroatoms. The number of thiophene rings is 1. The molecule has 1 amide bonds. The molecule has 0 radical (unpaired) electrons. The van der Waals surface area contributed by atoms with Gasteiger partial charge in [-0.25, -0.2) is 0 Å². The molecule has 0 saturated carbocycles. The average Bonchev–Trinajstić information content (AvgIpc) is 2.84. The van der Waals surface area contributed by atoms with E-state index in [-0.39, 0.29) is 5.91 Å². The number of nitrogens with one attached hydrogen (secondary N) is 1. The van der Waals surface area contributed by atoms with Gasteiger partial charge in [-0.1, -0.05) is 25.1 Å². The molecule has 2 aromatic rings. The summed E-state index contributed by atoms with van der Waals surface area (Å²) < 4.78 is 1.05. The van der Waals surface area contributed by atoms with E-state index < -0.39 is 0 Å². The van der Waals surface area contributed by atoms with Crippen LogP contribution in [0.1, 0.15) is 29.9 Å². The lowest BCUT2D eigenvalue weighted by Gasteiger charge is -2.23. The second-order valence-corrected chi connectivity index (χ2v) is 6.39. The number of hydrogen-bond acceptors (Lipinski definition) is 4. The molecule has 1 aromatic carbocycles. The quantitative estimate of drug-likeness (QED) is 0.862. The zero-order valence-corrected chi connectivity index (χ0v) is 13.7. The monoisotopic (exact) mass is 305 g/mol.